The van der Waals surface area contributed by atoms with Gasteiger partial charge in [0.1, 0.15) is 10.8 Å². The molecule has 1 aromatic carbocycles. The van der Waals surface area contributed by atoms with E-state index in [-0.39, 0.29) is 10.8 Å². The van der Waals surface area contributed by atoms with Crippen LogP contribution in [0.4, 0.5) is 4.39 Å². The van der Waals surface area contributed by atoms with E-state index in [0.717, 1.165) is 30.6 Å². The first-order chi connectivity index (χ1) is 14.6. The molecule has 0 aliphatic heterocycles. The number of unbranched alkanes of at least 4 members (excludes halogenated alkanes) is 1. The molecule has 0 heterocycles. The number of ether oxygens (including phenoxy) is 2. The van der Waals surface area contributed by atoms with Gasteiger partial charge in [-0.25, -0.2) is 4.39 Å². The lowest BCUT2D eigenvalue weighted by molar-refractivity contribution is 0.120. The van der Waals surface area contributed by atoms with Gasteiger partial charge in [-0.15, -0.1) is 0 Å². The molecule has 0 N–H and O–H groups in total. The van der Waals surface area contributed by atoms with E-state index in [4.69, 9.17) is 21.1 Å². The van der Waals surface area contributed by atoms with Crippen molar-refractivity contribution < 1.29 is 13.9 Å². The Hall–Kier alpha value is -0.960. The summed E-state index contributed by atoms with van der Waals surface area (Å²) in [4.78, 5) is 0. The molecule has 170 valence electrons. The molecule has 0 radical (unpaired) electrons. The molecule has 0 atom stereocenters. The molecular formula is C26H40ClFO2. The predicted octanol–water partition coefficient (Wildman–Crippen LogP) is 8.45. The number of hydrogen-bond acceptors (Lipinski definition) is 2. The molecule has 0 unspecified atom stereocenters. The highest BCUT2D eigenvalue weighted by atomic mass is 35.5. The monoisotopic (exact) mass is 438 g/mol. The fourth-order valence-corrected chi connectivity index (χ4v) is 5.66. The minimum atomic E-state index is -0.497. The highest BCUT2D eigenvalue weighted by Crippen LogP contribution is 2.42. The highest BCUT2D eigenvalue weighted by Gasteiger charge is 2.31. The van der Waals surface area contributed by atoms with Crippen LogP contribution < -0.4 is 9.47 Å². The van der Waals surface area contributed by atoms with E-state index in [9.17, 15) is 4.39 Å². The Morgan fingerprint density at radius 1 is 0.833 bits per heavy atom. The predicted molar refractivity (Wildman–Crippen MR) is 123 cm³/mol. The quantitative estimate of drug-likeness (QED) is 0.341. The maximum atomic E-state index is 14.6. The van der Waals surface area contributed by atoms with E-state index < -0.39 is 5.82 Å². The van der Waals surface area contributed by atoms with Crippen molar-refractivity contribution in [2.45, 2.75) is 90.9 Å². The molecule has 2 saturated carbocycles. The molecule has 0 bridgehead atoms. The molecule has 0 amide bonds. The van der Waals surface area contributed by atoms with Gasteiger partial charge in [-0.2, -0.15) is 0 Å². The van der Waals surface area contributed by atoms with Gasteiger partial charge in [0.15, 0.2) is 11.6 Å². The molecule has 2 aliphatic rings. The van der Waals surface area contributed by atoms with Gasteiger partial charge in [-0.05, 0) is 80.8 Å². The lowest BCUT2D eigenvalue weighted by Gasteiger charge is -2.37. The minimum Gasteiger partial charge on any atom is -0.492 e. The van der Waals surface area contributed by atoms with Gasteiger partial charge >= 0.3 is 0 Å². The number of rotatable bonds is 10. The van der Waals surface area contributed by atoms with Crippen LogP contribution in [0.2, 0.25) is 5.02 Å². The smallest absolute Gasteiger partial charge is 0.187 e. The van der Waals surface area contributed by atoms with Crippen molar-refractivity contribution in [2.75, 3.05) is 13.2 Å². The van der Waals surface area contributed by atoms with Gasteiger partial charge in [0.2, 0.25) is 0 Å². The number of benzene rings is 1. The van der Waals surface area contributed by atoms with Crippen LogP contribution in [-0.2, 0) is 0 Å². The Labute approximate surface area is 187 Å². The van der Waals surface area contributed by atoms with E-state index in [1.165, 1.54) is 64.2 Å². The zero-order chi connectivity index (χ0) is 21.3. The SMILES string of the molecule is CCCCOc1ccc(OCC2CCC(C3CCC(CCC)CC3)CC2)c(F)c1Cl. The lowest BCUT2D eigenvalue weighted by Crippen LogP contribution is -2.27. The second kappa shape index (κ2) is 12.2. The van der Waals surface area contributed by atoms with Crippen LogP contribution >= 0.6 is 11.6 Å². The molecule has 1 aromatic rings. The maximum absolute atomic E-state index is 14.6. The molecule has 2 aliphatic carbocycles. The summed E-state index contributed by atoms with van der Waals surface area (Å²) < 4.78 is 26.0. The van der Waals surface area contributed by atoms with Crippen LogP contribution in [0.1, 0.15) is 90.9 Å². The van der Waals surface area contributed by atoms with Crippen molar-refractivity contribution in [3.8, 4) is 11.5 Å². The molecule has 0 saturated heterocycles. The first kappa shape index (κ1) is 23.7. The van der Waals surface area contributed by atoms with Crippen molar-refractivity contribution in [3.63, 3.8) is 0 Å². The van der Waals surface area contributed by atoms with E-state index in [2.05, 4.69) is 13.8 Å². The lowest BCUT2D eigenvalue weighted by atomic mass is 9.69. The topological polar surface area (TPSA) is 18.5 Å². The zero-order valence-corrected chi connectivity index (χ0v) is 19.7. The van der Waals surface area contributed by atoms with Crippen LogP contribution in [-0.4, -0.2) is 13.2 Å². The Kier molecular flexibility index (Phi) is 9.62. The van der Waals surface area contributed by atoms with Crippen LogP contribution in [0.5, 0.6) is 11.5 Å². The Morgan fingerprint density at radius 2 is 1.43 bits per heavy atom. The number of hydrogen-bond donors (Lipinski definition) is 0. The van der Waals surface area contributed by atoms with Crippen LogP contribution in [0.25, 0.3) is 0 Å². The van der Waals surface area contributed by atoms with Crippen molar-refractivity contribution in [3.05, 3.63) is 23.0 Å². The number of halogens is 2. The van der Waals surface area contributed by atoms with Gasteiger partial charge in [-0.3, -0.25) is 0 Å². The standard InChI is InChI=1S/C26H40ClFO2/c1-3-5-17-29-23-15-16-24(26(28)25(23)27)30-18-20-9-13-22(14-10-20)21-11-7-19(6-4-2)8-12-21/h15-16,19-22H,3-14,17-18H2,1-2H3. The molecule has 0 aromatic heterocycles. The largest absolute Gasteiger partial charge is 0.492 e. The Balaban J connectivity index is 1.41. The molecule has 30 heavy (non-hydrogen) atoms. The Morgan fingerprint density at radius 3 is 2.03 bits per heavy atom. The molecule has 4 heteroatoms. The van der Waals surface area contributed by atoms with E-state index in [1.54, 1.807) is 12.1 Å². The third-order valence-corrected chi connectivity index (χ3v) is 7.74. The maximum Gasteiger partial charge on any atom is 0.187 e. The van der Waals surface area contributed by atoms with Gasteiger partial charge in [0.05, 0.1) is 13.2 Å². The second-order valence-electron chi connectivity index (χ2n) is 9.55. The average Bonchev–Trinajstić information content (AvgIpc) is 2.77. The average molecular weight is 439 g/mol. The van der Waals surface area contributed by atoms with Crippen LogP contribution in [0, 0.1) is 29.5 Å². The van der Waals surface area contributed by atoms with Crippen LogP contribution in [0.3, 0.4) is 0 Å². The summed E-state index contributed by atoms with van der Waals surface area (Å²) >= 11 is 6.15. The molecule has 3 rings (SSSR count). The first-order valence-electron chi connectivity index (χ1n) is 12.4. The fraction of sp³-hybridized carbons (Fsp3) is 0.769. The molecular weight excluding hydrogens is 399 g/mol. The van der Waals surface area contributed by atoms with Crippen molar-refractivity contribution >= 4 is 11.6 Å². The van der Waals surface area contributed by atoms with Crippen molar-refractivity contribution in [1.29, 1.82) is 0 Å². The molecule has 2 fully saturated rings. The summed E-state index contributed by atoms with van der Waals surface area (Å²) in [5.41, 5.74) is 0. The first-order valence-corrected chi connectivity index (χ1v) is 12.7. The molecule has 0 spiro atoms. The van der Waals surface area contributed by atoms with Gasteiger partial charge < -0.3 is 9.47 Å². The van der Waals surface area contributed by atoms with Crippen molar-refractivity contribution in [1.82, 2.24) is 0 Å². The normalized spacial score (nSPS) is 27.1. The summed E-state index contributed by atoms with van der Waals surface area (Å²) in [6, 6.07) is 3.38. The minimum absolute atomic E-state index is 0.0333. The summed E-state index contributed by atoms with van der Waals surface area (Å²) in [6.45, 7) is 5.54. The third kappa shape index (κ3) is 6.52. The summed E-state index contributed by atoms with van der Waals surface area (Å²) in [5, 5.41) is 0.0333. The Bertz CT molecular complexity index is 634. The van der Waals surface area contributed by atoms with Gasteiger partial charge in [0, 0.05) is 0 Å². The zero-order valence-electron chi connectivity index (χ0n) is 18.9. The van der Waals surface area contributed by atoms with Gasteiger partial charge in [0.25, 0.3) is 0 Å². The van der Waals surface area contributed by atoms with E-state index in [0.29, 0.717) is 24.9 Å². The summed E-state index contributed by atoms with van der Waals surface area (Å²) in [6.07, 6.45) is 15.5. The van der Waals surface area contributed by atoms with E-state index in [1.807, 2.05) is 0 Å². The summed E-state index contributed by atoms with van der Waals surface area (Å²) in [7, 11) is 0. The summed E-state index contributed by atoms with van der Waals surface area (Å²) in [5.74, 6) is 3.51. The second-order valence-corrected chi connectivity index (χ2v) is 9.93. The van der Waals surface area contributed by atoms with Gasteiger partial charge in [-0.1, -0.05) is 57.6 Å². The molecule has 2 nitrogen and oxygen atoms in total. The van der Waals surface area contributed by atoms with E-state index >= 15 is 0 Å². The third-order valence-electron chi connectivity index (χ3n) is 7.39. The highest BCUT2D eigenvalue weighted by molar-refractivity contribution is 6.32. The van der Waals surface area contributed by atoms with Crippen LogP contribution in [0.15, 0.2) is 12.1 Å². The fourth-order valence-electron chi connectivity index (χ4n) is 5.45. The van der Waals surface area contributed by atoms with Crippen molar-refractivity contribution in [2.24, 2.45) is 23.7 Å².